The van der Waals surface area contributed by atoms with Crippen molar-refractivity contribution in [2.45, 2.75) is 38.0 Å². The maximum Gasteiger partial charge on any atom is 0.221 e. The van der Waals surface area contributed by atoms with Crippen LogP contribution < -0.4 is 5.32 Å². The van der Waals surface area contributed by atoms with E-state index in [9.17, 15) is 13.2 Å². The number of hydrogen-bond acceptors (Lipinski definition) is 3. The summed E-state index contributed by atoms with van der Waals surface area (Å²) in [6, 6.07) is 19.1. The molecule has 1 N–H and O–H groups in total. The third kappa shape index (κ3) is 7.52. The molecule has 4 nitrogen and oxygen atoms in total. The first-order valence-electron chi connectivity index (χ1n) is 8.52. The summed E-state index contributed by atoms with van der Waals surface area (Å²) in [5, 5.41) is 2.88. The van der Waals surface area contributed by atoms with E-state index in [1.165, 1.54) is 5.56 Å². The average molecular weight is 359 g/mol. The van der Waals surface area contributed by atoms with E-state index in [0.717, 1.165) is 18.4 Å². The first-order chi connectivity index (χ1) is 11.9. The Morgan fingerprint density at radius 1 is 0.960 bits per heavy atom. The van der Waals surface area contributed by atoms with Crippen molar-refractivity contribution in [3.8, 4) is 0 Å². The summed E-state index contributed by atoms with van der Waals surface area (Å²) < 4.78 is 24.2. The molecule has 0 heterocycles. The zero-order chi connectivity index (χ0) is 18.1. The number of rotatable bonds is 9. The predicted molar refractivity (Wildman–Crippen MR) is 101 cm³/mol. The van der Waals surface area contributed by atoms with Gasteiger partial charge in [0.05, 0.1) is 11.5 Å². The number of carbonyl (C=O) groups is 1. The predicted octanol–water partition coefficient (Wildman–Crippen LogP) is 3.13. The molecule has 2 aromatic carbocycles. The van der Waals surface area contributed by atoms with Crippen LogP contribution in [0.1, 0.15) is 30.9 Å². The van der Waals surface area contributed by atoms with Gasteiger partial charge in [-0.1, -0.05) is 60.7 Å². The maximum absolute atomic E-state index is 12.1. The Hall–Kier alpha value is -2.14. The molecule has 2 rings (SSSR count). The molecule has 0 spiro atoms. The molecule has 0 saturated carbocycles. The Labute approximate surface area is 150 Å². The van der Waals surface area contributed by atoms with Crippen LogP contribution in [0.2, 0.25) is 0 Å². The molecule has 0 radical (unpaired) electrons. The van der Waals surface area contributed by atoms with Crippen LogP contribution in [0, 0.1) is 0 Å². The van der Waals surface area contributed by atoms with Gasteiger partial charge in [0, 0.05) is 12.5 Å². The molecule has 0 aliphatic heterocycles. The van der Waals surface area contributed by atoms with E-state index in [0.29, 0.717) is 0 Å². The Morgan fingerprint density at radius 2 is 1.52 bits per heavy atom. The van der Waals surface area contributed by atoms with Gasteiger partial charge in [0.15, 0.2) is 9.84 Å². The number of aryl methyl sites for hydroxylation is 1. The van der Waals surface area contributed by atoms with Crippen molar-refractivity contribution in [2.75, 3.05) is 5.75 Å². The van der Waals surface area contributed by atoms with Crippen LogP contribution >= 0.6 is 0 Å². The molecule has 1 atom stereocenters. The van der Waals surface area contributed by atoms with Crippen molar-refractivity contribution in [2.24, 2.45) is 0 Å². The minimum Gasteiger partial charge on any atom is -0.354 e. The number of amides is 1. The second-order valence-electron chi connectivity index (χ2n) is 6.32. The fraction of sp³-hybridized carbons (Fsp3) is 0.350. The molecule has 0 aliphatic carbocycles. The lowest BCUT2D eigenvalue weighted by Crippen LogP contribution is -2.34. The summed E-state index contributed by atoms with van der Waals surface area (Å²) >= 11 is 0. The molecule has 0 bridgehead atoms. The van der Waals surface area contributed by atoms with Gasteiger partial charge < -0.3 is 5.32 Å². The second-order valence-corrected chi connectivity index (χ2v) is 8.50. The molecular formula is C20H25NO3S. The highest BCUT2D eigenvalue weighted by atomic mass is 32.2. The normalized spacial score (nSPS) is 12.5. The summed E-state index contributed by atoms with van der Waals surface area (Å²) in [4.78, 5) is 12.0. The van der Waals surface area contributed by atoms with Gasteiger partial charge in [-0.3, -0.25) is 4.79 Å². The fourth-order valence-electron chi connectivity index (χ4n) is 2.60. The molecule has 0 fully saturated rings. The maximum atomic E-state index is 12.1. The standard InChI is InChI=1S/C20H25NO3S/c1-17(12-13-18-8-4-2-5-9-18)21-20(22)14-15-25(23,24)16-19-10-6-3-7-11-19/h2-11,17H,12-16H2,1H3,(H,21,22)/t17-/m0/s1. The molecule has 0 unspecified atom stereocenters. The van der Waals surface area contributed by atoms with Gasteiger partial charge in [-0.05, 0) is 30.9 Å². The number of sulfone groups is 1. The van der Waals surface area contributed by atoms with Gasteiger partial charge in [0.25, 0.3) is 0 Å². The monoisotopic (exact) mass is 359 g/mol. The van der Waals surface area contributed by atoms with Crippen molar-refractivity contribution in [3.05, 3.63) is 71.8 Å². The summed E-state index contributed by atoms with van der Waals surface area (Å²) in [7, 11) is -3.28. The summed E-state index contributed by atoms with van der Waals surface area (Å²) in [5.41, 5.74) is 1.98. The van der Waals surface area contributed by atoms with Gasteiger partial charge in [-0.2, -0.15) is 0 Å². The van der Waals surface area contributed by atoms with E-state index < -0.39 is 9.84 Å². The first kappa shape index (κ1) is 19.2. The Morgan fingerprint density at radius 3 is 2.12 bits per heavy atom. The molecule has 0 aromatic heterocycles. The SMILES string of the molecule is C[C@@H](CCc1ccccc1)NC(=O)CCS(=O)(=O)Cc1ccccc1. The number of nitrogens with one attached hydrogen (secondary N) is 1. The van der Waals surface area contributed by atoms with Crippen LogP contribution in [0.15, 0.2) is 60.7 Å². The molecule has 5 heteroatoms. The zero-order valence-electron chi connectivity index (χ0n) is 14.5. The van der Waals surface area contributed by atoms with E-state index in [1.54, 1.807) is 12.1 Å². The van der Waals surface area contributed by atoms with E-state index in [4.69, 9.17) is 0 Å². The van der Waals surface area contributed by atoms with Crippen molar-refractivity contribution in [1.82, 2.24) is 5.32 Å². The zero-order valence-corrected chi connectivity index (χ0v) is 15.3. The Balaban J connectivity index is 1.72. The number of hydrogen-bond donors (Lipinski definition) is 1. The number of carbonyl (C=O) groups excluding carboxylic acids is 1. The summed E-state index contributed by atoms with van der Waals surface area (Å²) in [6.07, 6.45) is 1.71. The molecule has 25 heavy (non-hydrogen) atoms. The van der Waals surface area contributed by atoms with Crippen LogP contribution in [0.3, 0.4) is 0 Å². The number of benzene rings is 2. The van der Waals surface area contributed by atoms with Crippen molar-refractivity contribution >= 4 is 15.7 Å². The highest BCUT2D eigenvalue weighted by molar-refractivity contribution is 7.90. The highest BCUT2D eigenvalue weighted by Crippen LogP contribution is 2.08. The molecule has 0 saturated heterocycles. The lowest BCUT2D eigenvalue weighted by atomic mass is 10.1. The molecule has 2 aromatic rings. The van der Waals surface area contributed by atoms with Crippen LogP contribution in [0.4, 0.5) is 0 Å². The Kier molecular flexibility index (Phi) is 7.19. The molecule has 134 valence electrons. The van der Waals surface area contributed by atoms with Crippen LogP contribution in [-0.4, -0.2) is 26.1 Å². The largest absolute Gasteiger partial charge is 0.354 e. The minimum absolute atomic E-state index is 0.00481. The highest BCUT2D eigenvalue weighted by Gasteiger charge is 2.15. The van der Waals surface area contributed by atoms with E-state index in [1.807, 2.05) is 43.3 Å². The van der Waals surface area contributed by atoms with Gasteiger partial charge >= 0.3 is 0 Å². The topological polar surface area (TPSA) is 63.2 Å². The van der Waals surface area contributed by atoms with E-state index >= 15 is 0 Å². The third-order valence-corrected chi connectivity index (χ3v) is 5.59. The van der Waals surface area contributed by atoms with Crippen molar-refractivity contribution in [1.29, 1.82) is 0 Å². The minimum atomic E-state index is -3.28. The van der Waals surface area contributed by atoms with Crippen molar-refractivity contribution in [3.63, 3.8) is 0 Å². The lowest BCUT2D eigenvalue weighted by molar-refractivity contribution is -0.121. The second kappa shape index (κ2) is 9.37. The van der Waals surface area contributed by atoms with E-state index in [2.05, 4.69) is 17.4 Å². The van der Waals surface area contributed by atoms with Crippen molar-refractivity contribution < 1.29 is 13.2 Å². The smallest absolute Gasteiger partial charge is 0.221 e. The van der Waals surface area contributed by atoms with Gasteiger partial charge in [-0.15, -0.1) is 0 Å². The fourth-order valence-corrected chi connectivity index (χ4v) is 3.94. The summed E-state index contributed by atoms with van der Waals surface area (Å²) in [5.74, 6) is -0.360. The molecular weight excluding hydrogens is 334 g/mol. The van der Waals surface area contributed by atoms with Gasteiger partial charge in [0.1, 0.15) is 0 Å². The third-order valence-electron chi connectivity index (χ3n) is 3.99. The lowest BCUT2D eigenvalue weighted by Gasteiger charge is -2.14. The quantitative estimate of drug-likeness (QED) is 0.748. The van der Waals surface area contributed by atoms with E-state index in [-0.39, 0.29) is 29.9 Å². The average Bonchev–Trinajstić information content (AvgIpc) is 2.60. The van der Waals surface area contributed by atoms with Gasteiger partial charge in [0.2, 0.25) is 5.91 Å². The first-order valence-corrected chi connectivity index (χ1v) is 10.3. The molecule has 1 amide bonds. The Bertz CT molecular complexity index is 758. The van der Waals surface area contributed by atoms with Crippen LogP contribution in [0.5, 0.6) is 0 Å². The van der Waals surface area contributed by atoms with Crippen LogP contribution in [-0.2, 0) is 26.8 Å². The van der Waals surface area contributed by atoms with Crippen LogP contribution in [0.25, 0.3) is 0 Å². The van der Waals surface area contributed by atoms with Gasteiger partial charge in [-0.25, -0.2) is 8.42 Å². The summed E-state index contributed by atoms with van der Waals surface area (Å²) in [6.45, 7) is 1.94. The molecule has 0 aliphatic rings.